The van der Waals surface area contributed by atoms with E-state index >= 15 is 0 Å². The average Bonchev–Trinajstić information content (AvgIpc) is 2.58. The summed E-state index contributed by atoms with van der Waals surface area (Å²) >= 11 is 0. The van der Waals surface area contributed by atoms with Crippen LogP contribution in [0.5, 0.6) is 0 Å². The lowest BCUT2D eigenvalue weighted by Gasteiger charge is -2.42. The highest BCUT2D eigenvalue weighted by molar-refractivity contribution is 6.77. The molecule has 0 saturated heterocycles. The molecule has 0 heterocycles. The molecule has 0 atom stereocenters. The molecule has 17 heavy (non-hydrogen) atoms. The van der Waals surface area contributed by atoms with E-state index in [2.05, 4.69) is 60.6 Å². The Balaban J connectivity index is 2.99. The number of hydrogen-bond donors (Lipinski definition) is 0. The molecule has 0 bridgehead atoms. The molecule has 0 saturated carbocycles. The maximum Gasteiger partial charge on any atom is 0.258 e. The molecule has 1 aliphatic rings. The fourth-order valence-corrected chi connectivity index (χ4v) is 8.51. The van der Waals surface area contributed by atoms with Crippen molar-refractivity contribution in [2.75, 3.05) is 0 Å². The summed E-state index contributed by atoms with van der Waals surface area (Å²) in [7, 11) is -1.74. The van der Waals surface area contributed by atoms with Crippen molar-refractivity contribution in [3.63, 3.8) is 0 Å². The van der Waals surface area contributed by atoms with Crippen LogP contribution < -0.4 is 0 Å². The van der Waals surface area contributed by atoms with Crippen LogP contribution in [0, 0.1) is 0 Å². The SMILES string of the molecule is CC1=CC(O[Si](C(C)C)(C(C)C)C(C)C)=CC1. The van der Waals surface area contributed by atoms with Crippen LogP contribution in [0.25, 0.3) is 0 Å². The van der Waals surface area contributed by atoms with Crippen LogP contribution in [0.1, 0.15) is 54.9 Å². The van der Waals surface area contributed by atoms with Gasteiger partial charge in [-0.1, -0.05) is 47.1 Å². The highest BCUT2D eigenvalue weighted by Crippen LogP contribution is 2.44. The molecule has 0 aromatic heterocycles. The molecule has 0 unspecified atom stereocenters. The predicted octanol–water partition coefficient (Wildman–Crippen LogP) is 5.41. The summed E-state index contributed by atoms with van der Waals surface area (Å²) in [6.07, 6.45) is 5.52. The van der Waals surface area contributed by atoms with Crippen molar-refractivity contribution in [1.82, 2.24) is 0 Å². The van der Waals surface area contributed by atoms with Gasteiger partial charge >= 0.3 is 0 Å². The standard InChI is InChI=1S/C15H28OSi/c1-11(2)17(12(3)4,13(5)6)16-15-9-8-14(7)10-15/h9-13H,8H2,1-7H3. The molecule has 1 aliphatic carbocycles. The molecular formula is C15H28OSi. The van der Waals surface area contributed by atoms with Crippen molar-refractivity contribution in [3.05, 3.63) is 23.5 Å². The lowest BCUT2D eigenvalue weighted by atomic mass is 10.3. The van der Waals surface area contributed by atoms with Crippen LogP contribution in [0.2, 0.25) is 16.6 Å². The lowest BCUT2D eigenvalue weighted by Crippen LogP contribution is -2.47. The first-order chi connectivity index (χ1) is 7.80. The molecule has 0 radical (unpaired) electrons. The van der Waals surface area contributed by atoms with Gasteiger partial charge in [0, 0.05) is 0 Å². The van der Waals surface area contributed by atoms with Gasteiger partial charge < -0.3 is 4.43 Å². The molecule has 2 heteroatoms. The second-order valence-electron chi connectivity index (χ2n) is 6.22. The van der Waals surface area contributed by atoms with Gasteiger partial charge in [0.1, 0.15) is 0 Å². The first kappa shape index (κ1) is 14.6. The third-order valence-electron chi connectivity index (χ3n) is 4.02. The Labute approximate surface area is 108 Å². The Morgan fingerprint density at radius 1 is 1.00 bits per heavy atom. The molecule has 0 aromatic carbocycles. The number of rotatable bonds is 5. The number of allylic oxidation sites excluding steroid dienone is 3. The second-order valence-corrected chi connectivity index (χ2v) is 11.6. The van der Waals surface area contributed by atoms with E-state index < -0.39 is 8.32 Å². The molecular weight excluding hydrogens is 224 g/mol. The molecule has 1 rings (SSSR count). The summed E-state index contributed by atoms with van der Waals surface area (Å²) in [6, 6.07) is 0. The van der Waals surface area contributed by atoms with E-state index in [9.17, 15) is 0 Å². The Kier molecular flexibility index (Phi) is 4.65. The van der Waals surface area contributed by atoms with Gasteiger partial charge in [-0.15, -0.1) is 0 Å². The molecule has 0 N–H and O–H groups in total. The van der Waals surface area contributed by atoms with Gasteiger partial charge in [0.05, 0.1) is 5.76 Å². The van der Waals surface area contributed by atoms with Crippen molar-refractivity contribution in [3.8, 4) is 0 Å². The topological polar surface area (TPSA) is 9.23 Å². The molecule has 0 amide bonds. The molecule has 0 fully saturated rings. The van der Waals surface area contributed by atoms with E-state index in [1.54, 1.807) is 0 Å². The van der Waals surface area contributed by atoms with Crippen LogP contribution in [0.3, 0.4) is 0 Å². The minimum atomic E-state index is -1.74. The minimum Gasteiger partial charge on any atom is -0.543 e. The molecule has 0 aromatic rings. The first-order valence-electron chi connectivity index (χ1n) is 6.87. The van der Waals surface area contributed by atoms with Gasteiger partial charge in [-0.25, -0.2) is 0 Å². The highest BCUT2D eigenvalue weighted by Gasteiger charge is 2.47. The van der Waals surface area contributed by atoms with Crippen molar-refractivity contribution in [2.45, 2.75) is 71.5 Å². The fourth-order valence-electron chi connectivity index (χ4n) is 3.25. The van der Waals surface area contributed by atoms with Gasteiger partial charge in [-0.3, -0.25) is 0 Å². The van der Waals surface area contributed by atoms with Crippen molar-refractivity contribution < 1.29 is 4.43 Å². The maximum atomic E-state index is 6.58. The molecule has 0 aliphatic heterocycles. The quantitative estimate of drug-likeness (QED) is 0.594. The van der Waals surface area contributed by atoms with Crippen LogP contribution in [-0.4, -0.2) is 8.32 Å². The summed E-state index contributed by atoms with van der Waals surface area (Å²) in [6.45, 7) is 16.2. The zero-order valence-electron chi connectivity index (χ0n) is 12.5. The van der Waals surface area contributed by atoms with Crippen molar-refractivity contribution >= 4 is 8.32 Å². The van der Waals surface area contributed by atoms with Crippen molar-refractivity contribution in [2.24, 2.45) is 0 Å². The Morgan fingerprint density at radius 3 is 1.76 bits per heavy atom. The maximum absolute atomic E-state index is 6.58. The lowest BCUT2D eigenvalue weighted by molar-refractivity contribution is 0.387. The monoisotopic (exact) mass is 252 g/mol. The summed E-state index contributed by atoms with van der Waals surface area (Å²) in [5, 5.41) is 0. The summed E-state index contributed by atoms with van der Waals surface area (Å²) in [4.78, 5) is 0. The van der Waals surface area contributed by atoms with Crippen LogP contribution in [-0.2, 0) is 4.43 Å². The van der Waals surface area contributed by atoms with Crippen molar-refractivity contribution in [1.29, 1.82) is 0 Å². The zero-order valence-corrected chi connectivity index (χ0v) is 13.5. The number of hydrogen-bond acceptors (Lipinski definition) is 1. The zero-order chi connectivity index (χ0) is 13.2. The minimum absolute atomic E-state index is 0.651. The van der Waals surface area contributed by atoms with Gasteiger partial charge in [-0.2, -0.15) is 0 Å². The van der Waals surface area contributed by atoms with Crippen LogP contribution in [0.15, 0.2) is 23.5 Å². The highest BCUT2D eigenvalue weighted by atomic mass is 28.4. The smallest absolute Gasteiger partial charge is 0.258 e. The first-order valence-corrected chi connectivity index (χ1v) is 9.01. The Morgan fingerprint density at radius 2 is 1.47 bits per heavy atom. The molecule has 98 valence electrons. The van der Waals surface area contributed by atoms with Gasteiger partial charge in [0.15, 0.2) is 0 Å². The molecule has 0 spiro atoms. The molecule has 1 nitrogen and oxygen atoms in total. The summed E-state index contributed by atoms with van der Waals surface area (Å²) in [5.74, 6) is 1.13. The Bertz CT molecular complexity index is 302. The second kappa shape index (κ2) is 5.43. The third kappa shape index (κ3) is 2.85. The Hall–Kier alpha value is -0.503. The van der Waals surface area contributed by atoms with E-state index in [-0.39, 0.29) is 0 Å². The third-order valence-corrected chi connectivity index (χ3v) is 10.0. The largest absolute Gasteiger partial charge is 0.543 e. The van der Waals surface area contributed by atoms with E-state index in [0.717, 1.165) is 12.2 Å². The van der Waals surface area contributed by atoms with E-state index in [4.69, 9.17) is 4.43 Å². The van der Waals surface area contributed by atoms with E-state index in [0.29, 0.717) is 16.6 Å². The van der Waals surface area contributed by atoms with Gasteiger partial charge in [-0.05, 0) is 42.1 Å². The van der Waals surface area contributed by atoms with E-state index in [1.165, 1.54) is 5.57 Å². The predicted molar refractivity (Wildman–Crippen MR) is 78.6 cm³/mol. The fraction of sp³-hybridized carbons (Fsp3) is 0.733. The normalized spacial score (nSPS) is 16.8. The average molecular weight is 252 g/mol. The van der Waals surface area contributed by atoms with Gasteiger partial charge in [0.25, 0.3) is 8.32 Å². The summed E-state index contributed by atoms with van der Waals surface area (Å²) < 4.78 is 6.58. The summed E-state index contributed by atoms with van der Waals surface area (Å²) in [5.41, 5.74) is 3.37. The van der Waals surface area contributed by atoms with Crippen LogP contribution in [0.4, 0.5) is 0 Å². The van der Waals surface area contributed by atoms with Gasteiger partial charge in [0.2, 0.25) is 0 Å². The van der Waals surface area contributed by atoms with E-state index in [1.807, 2.05) is 0 Å². The van der Waals surface area contributed by atoms with Crippen LogP contribution >= 0.6 is 0 Å².